The summed E-state index contributed by atoms with van der Waals surface area (Å²) in [6, 6.07) is 0. The quantitative estimate of drug-likeness (QED) is 0.681. The maximum absolute atomic E-state index is 13.1. The summed E-state index contributed by atoms with van der Waals surface area (Å²) in [5.74, 6) is 0. The minimum atomic E-state index is -2.98. The smallest absolute Gasteiger partial charge is 0.340 e. The summed E-state index contributed by atoms with van der Waals surface area (Å²) in [5.41, 5.74) is 0.868. The molecule has 80 valence electrons. The maximum atomic E-state index is 13.1. The molecule has 1 aromatic rings. The van der Waals surface area contributed by atoms with Gasteiger partial charge < -0.3 is 5.11 Å². The Balaban J connectivity index is 3.22. The lowest BCUT2D eigenvalue weighted by molar-refractivity contribution is 0.120. The molecule has 0 fully saturated rings. The molecule has 1 rings (SSSR count). The van der Waals surface area contributed by atoms with Crippen molar-refractivity contribution in [3.8, 4) is 0 Å². The van der Waals surface area contributed by atoms with Crippen LogP contribution >= 0.6 is 22.6 Å². The van der Waals surface area contributed by atoms with Crippen molar-refractivity contribution in [2.24, 2.45) is 7.05 Å². The van der Waals surface area contributed by atoms with Crippen LogP contribution in [-0.4, -0.2) is 21.5 Å². The Hall–Kier alpha value is -0.240. The fourth-order valence-corrected chi connectivity index (χ4v) is 1.72. The first-order chi connectivity index (χ1) is 6.38. The van der Waals surface area contributed by atoms with Gasteiger partial charge in [0.05, 0.1) is 0 Å². The fraction of sp³-hybridized carbons (Fsp3) is 0.625. The molecule has 0 aliphatic heterocycles. The second kappa shape index (κ2) is 4.09. The third-order valence-electron chi connectivity index (χ3n) is 2.09. The minimum Gasteiger partial charge on any atom is -0.396 e. The standard InChI is InChI=1S/C8H11F2IN2O/c1-5-6(3-4-14)7(8(9,10)11)12-13(5)2/h14H,3-4H2,1-2H3. The van der Waals surface area contributed by atoms with Crippen LogP contribution < -0.4 is 0 Å². The normalized spacial score (nSPS) is 12.1. The molecule has 1 heterocycles. The second-order valence-corrected chi connectivity index (χ2v) is 4.36. The Morgan fingerprint density at radius 2 is 2.14 bits per heavy atom. The molecule has 0 aromatic carbocycles. The van der Waals surface area contributed by atoms with Crippen molar-refractivity contribution in [3.05, 3.63) is 17.0 Å². The lowest BCUT2D eigenvalue weighted by atomic mass is 10.1. The van der Waals surface area contributed by atoms with Crippen LogP contribution in [0.3, 0.4) is 0 Å². The van der Waals surface area contributed by atoms with E-state index in [4.69, 9.17) is 5.11 Å². The molecular weight excluding hydrogens is 305 g/mol. The van der Waals surface area contributed by atoms with Crippen LogP contribution in [0, 0.1) is 6.92 Å². The van der Waals surface area contributed by atoms with E-state index >= 15 is 0 Å². The molecule has 0 spiro atoms. The number of nitrogens with zero attached hydrogens (tertiary/aromatic N) is 2. The molecule has 1 aromatic heterocycles. The van der Waals surface area contributed by atoms with Gasteiger partial charge in [0.25, 0.3) is 0 Å². The fourth-order valence-electron chi connectivity index (χ4n) is 1.29. The van der Waals surface area contributed by atoms with Crippen molar-refractivity contribution in [1.29, 1.82) is 0 Å². The number of aliphatic hydroxyl groups is 1. The predicted octanol–water partition coefficient (Wildman–Crippen LogP) is 1.75. The van der Waals surface area contributed by atoms with E-state index in [2.05, 4.69) is 5.10 Å². The number of aryl methyl sites for hydroxylation is 1. The van der Waals surface area contributed by atoms with Gasteiger partial charge in [0, 0.05) is 47.5 Å². The largest absolute Gasteiger partial charge is 0.396 e. The van der Waals surface area contributed by atoms with Crippen LogP contribution in [-0.2, 0) is 17.4 Å². The van der Waals surface area contributed by atoms with Gasteiger partial charge in [-0.15, -0.1) is 0 Å². The Morgan fingerprint density at radius 3 is 2.57 bits per heavy atom. The van der Waals surface area contributed by atoms with Gasteiger partial charge in [0.15, 0.2) is 0 Å². The number of aromatic nitrogens is 2. The van der Waals surface area contributed by atoms with Crippen molar-refractivity contribution in [1.82, 2.24) is 9.78 Å². The van der Waals surface area contributed by atoms with Gasteiger partial charge in [-0.2, -0.15) is 13.9 Å². The van der Waals surface area contributed by atoms with Crippen molar-refractivity contribution >= 4 is 22.6 Å². The number of alkyl halides is 3. The summed E-state index contributed by atoms with van der Waals surface area (Å²) in [7, 11) is 1.61. The average molecular weight is 316 g/mol. The van der Waals surface area contributed by atoms with Gasteiger partial charge in [-0.05, 0) is 13.3 Å². The first-order valence-corrected chi connectivity index (χ1v) is 5.16. The molecule has 14 heavy (non-hydrogen) atoms. The van der Waals surface area contributed by atoms with Crippen LogP contribution in [0.25, 0.3) is 0 Å². The molecule has 0 bridgehead atoms. The molecule has 0 aliphatic carbocycles. The van der Waals surface area contributed by atoms with Gasteiger partial charge in [0.2, 0.25) is 0 Å². The number of aliphatic hydroxyl groups excluding tert-OH is 1. The van der Waals surface area contributed by atoms with Gasteiger partial charge in [-0.3, -0.25) is 4.68 Å². The third-order valence-corrected chi connectivity index (χ3v) is 2.60. The molecular formula is C8H11F2IN2O. The molecule has 0 saturated carbocycles. The molecule has 0 aliphatic rings. The molecule has 0 amide bonds. The monoisotopic (exact) mass is 316 g/mol. The molecule has 3 nitrogen and oxygen atoms in total. The molecule has 6 heteroatoms. The predicted molar refractivity (Wildman–Crippen MR) is 56.6 cm³/mol. The first kappa shape index (κ1) is 11.8. The topological polar surface area (TPSA) is 38.1 Å². The Labute approximate surface area is 94.3 Å². The van der Waals surface area contributed by atoms with Crippen LogP contribution in [0.4, 0.5) is 8.78 Å². The van der Waals surface area contributed by atoms with E-state index in [0.717, 1.165) is 22.6 Å². The first-order valence-electron chi connectivity index (χ1n) is 4.08. The number of hydrogen-bond donors (Lipinski definition) is 1. The number of halogens is 3. The third kappa shape index (κ3) is 2.22. The van der Waals surface area contributed by atoms with Crippen LogP contribution in [0.1, 0.15) is 17.0 Å². The van der Waals surface area contributed by atoms with Crippen molar-refractivity contribution in [2.75, 3.05) is 6.61 Å². The van der Waals surface area contributed by atoms with Crippen LogP contribution in [0.15, 0.2) is 0 Å². The highest BCUT2D eigenvalue weighted by atomic mass is 127. The Morgan fingerprint density at radius 1 is 1.57 bits per heavy atom. The molecule has 0 unspecified atom stereocenters. The van der Waals surface area contributed by atoms with E-state index in [1.54, 1.807) is 14.0 Å². The zero-order valence-corrected chi connectivity index (χ0v) is 10.0. The SMILES string of the molecule is Cc1c(CCO)c(C(F)(F)I)nn1C. The summed E-state index contributed by atoms with van der Waals surface area (Å²) < 4.78 is 24.6. The lowest BCUT2D eigenvalue weighted by Gasteiger charge is -2.07. The minimum absolute atomic E-state index is 0.147. The van der Waals surface area contributed by atoms with E-state index < -0.39 is 3.93 Å². The molecule has 0 saturated heterocycles. The van der Waals surface area contributed by atoms with Gasteiger partial charge in [0.1, 0.15) is 5.69 Å². The Kier molecular flexibility index (Phi) is 3.46. The van der Waals surface area contributed by atoms with E-state index in [-0.39, 0.29) is 18.7 Å². The summed E-state index contributed by atoms with van der Waals surface area (Å²) in [4.78, 5) is 0. The van der Waals surface area contributed by atoms with Crippen LogP contribution in [0.5, 0.6) is 0 Å². The maximum Gasteiger partial charge on any atom is 0.340 e. The lowest BCUT2D eigenvalue weighted by Crippen LogP contribution is -2.08. The average Bonchev–Trinajstić information content (AvgIpc) is 2.32. The highest BCUT2D eigenvalue weighted by molar-refractivity contribution is 14.1. The van der Waals surface area contributed by atoms with Crippen molar-refractivity contribution in [3.63, 3.8) is 0 Å². The van der Waals surface area contributed by atoms with E-state index in [9.17, 15) is 8.78 Å². The second-order valence-electron chi connectivity index (χ2n) is 3.01. The summed E-state index contributed by atoms with van der Waals surface area (Å²) in [5, 5.41) is 12.5. The molecule has 0 radical (unpaired) electrons. The zero-order chi connectivity index (χ0) is 10.9. The molecule has 0 atom stereocenters. The molecule has 1 N–H and O–H groups in total. The van der Waals surface area contributed by atoms with Gasteiger partial charge >= 0.3 is 3.93 Å². The van der Waals surface area contributed by atoms with E-state index in [1.807, 2.05) is 0 Å². The van der Waals surface area contributed by atoms with E-state index in [0.29, 0.717) is 11.3 Å². The van der Waals surface area contributed by atoms with Gasteiger partial charge in [-0.1, -0.05) is 0 Å². The van der Waals surface area contributed by atoms with Crippen molar-refractivity contribution < 1.29 is 13.9 Å². The summed E-state index contributed by atoms with van der Waals surface area (Å²) in [6.45, 7) is 1.57. The number of rotatable bonds is 3. The zero-order valence-electron chi connectivity index (χ0n) is 7.89. The van der Waals surface area contributed by atoms with E-state index in [1.165, 1.54) is 4.68 Å². The summed E-state index contributed by atoms with van der Waals surface area (Å²) >= 11 is 1.05. The van der Waals surface area contributed by atoms with Crippen LogP contribution in [0.2, 0.25) is 0 Å². The highest BCUT2D eigenvalue weighted by Gasteiger charge is 2.34. The number of hydrogen-bond acceptors (Lipinski definition) is 2. The van der Waals surface area contributed by atoms with Crippen molar-refractivity contribution in [2.45, 2.75) is 17.3 Å². The Bertz CT molecular complexity index is 333. The van der Waals surface area contributed by atoms with Gasteiger partial charge in [-0.25, -0.2) is 0 Å². The highest BCUT2D eigenvalue weighted by Crippen LogP contribution is 2.37. The summed E-state index contributed by atoms with van der Waals surface area (Å²) in [6.07, 6.45) is 0.216.